The molecule has 2 fully saturated rings. The van der Waals surface area contributed by atoms with Crippen LogP contribution in [0.25, 0.3) is 26.2 Å². The smallest absolute Gasteiger partial charge is 0.165 e. The van der Waals surface area contributed by atoms with Crippen molar-refractivity contribution in [3.8, 4) is 0 Å². The van der Waals surface area contributed by atoms with Crippen LogP contribution in [0.15, 0.2) is 42.5 Å². The lowest BCUT2D eigenvalue weighted by Crippen LogP contribution is -2.60. The van der Waals surface area contributed by atoms with Crippen LogP contribution in [0.1, 0.15) is 37.8 Å². The first-order valence-corrected chi connectivity index (χ1v) is 11.9. The minimum Gasteiger partial charge on any atom is -0.362 e. The van der Waals surface area contributed by atoms with Crippen LogP contribution in [0.5, 0.6) is 0 Å². The first-order valence-electron chi connectivity index (χ1n) is 9.47. The van der Waals surface area contributed by atoms with Gasteiger partial charge < -0.3 is 5.32 Å². The largest absolute Gasteiger partial charge is 0.362 e. The summed E-state index contributed by atoms with van der Waals surface area (Å²) in [5.74, 6) is 0.187. The second kappa shape index (κ2) is 5.67. The molecule has 1 atom stereocenters. The van der Waals surface area contributed by atoms with Crippen molar-refractivity contribution < 1.29 is 8.42 Å². The molecule has 28 heavy (non-hydrogen) atoms. The molecule has 1 saturated carbocycles. The Morgan fingerprint density at radius 3 is 2.43 bits per heavy atom. The number of hydrogen-bond acceptors (Lipinski definition) is 4. The number of allylic oxidation sites excluding steroid dienone is 1. The summed E-state index contributed by atoms with van der Waals surface area (Å²) < 4.78 is 27.3. The van der Waals surface area contributed by atoms with Crippen LogP contribution in [0, 0.1) is 5.41 Å². The predicted octanol–water partition coefficient (Wildman–Crippen LogP) is 4.83. The van der Waals surface area contributed by atoms with E-state index in [2.05, 4.69) is 41.7 Å². The fourth-order valence-corrected chi connectivity index (χ4v) is 7.79. The van der Waals surface area contributed by atoms with Crippen LogP contribution in [0.2, 0.25) is 0 Å². The highest BCUT2D eigenvalue weighted by molar-refractivity contribution is 7.94. The number of fused-ring (bicyclic) bond motifs is 3. The lowest BCUT2D eigenvalue weighted by atomic mass is 9.91. The molecule has 1 aliphatic heterocycles. The molecule has 2 N–H and O–H groups in total. The zero-order chi connectivity index (χ0) is 19.7. The molecule has 2 heterocycles. The normalized spacial score (nSPS) is 25.6. The molecule has 3 aromatic rings. The van der Waals surface area contributed by atoms with Crippen LogP contribution in [0.4, 0.5) is 0 Å². The molecule has 1 spiro atoms. The van der Waals surface area contributed by atoms with Crippen molar-refractivity contribution >= 4 is 53.3 Å². The van der Waals surface area contributed by atoms with Gasteiger partial charge in [0.2, 0.25) is 0 Å². The summed E-state index contributed by atoms with van der Waals surface area (Å²) in [5, 5.41) is 13.9. The first kappa shape index (κ1) is 17.9. The highest BCUT2D eigenvalue weighted by Gasteiger charge is 2.63. The molecule has 1 saturated heterocycles. The van der Waals surface area contributed by atoms with Crippen LogP contribution < -0.4 is 5.32 Å². The maximum absolute atomic E-state index is 12.9. The molecule has 1 aliphatic carbocycles. The van der Waals surface area contributed by atoms with E-state index in [0.29, 0.717) is 12.8 Å². The van der Waals surface area contributed by atoms with E-state index in [9.17, 15) is 8.42 Å². The van der Waals surface area contributed by atoms with Crippen LogP contribution >= 0.6 is 11.3 Å². The molecule has 0 bridgehead atoms. The molecule has 0 amide bonds. The lowest BCUT2D eigenvalue weighted by Gasteiger charge is -2.40. The molecule has 6 heteroatoms. The van der Waals surface area contributed by atoms with E-state index in [0.717, 1.165) is 16.5 Å². The highest BCUT2D eigenvalue weighted by atomic mass is 32.2. The highest BCUT2D eigenvalue weighted by Crippen LogP contribution is 2.49. The SMILES string of the molecule is C/C=C/c1ccc2sc3ccc([C@]4(C)CS(=O)(=O)C5(CC5)C(=N)N4)cc3c2c1. The Morgan fingerprint density at radius 1 is 1.11 bits per heavy atom. The van der Waals surface area contributed by atoms with E-state index in [-0.39, 0.29) is 11.6 Å². The molecule has 144 valence electrons. The van der Waals surface area contributed by atoms with Gasteiger partial charge in [0.1, 0.15) is 10.6 Å². The third-order valence-corrected chi connectivity index (χ3v) is 10.0. The number of benzene rings is 2. The Morgan fingerprint density at radius 2 is 1.79 bits per heavy atom. The number of thiophene rings is 1. The topological polar surface area (TPSA) is 70.0 Å². The van der Waals surface area contributed by atoms with Crippen molar-refractivity contribution in [2.75, 3.05) is 5.75 Å². The maximum Gasteiger partial charge on any atom is 0.165 e. The average molecular weight is 411 g/mol. The van der Waals surface area contributed by atoms with Crippen molar-refractivity contribution in [1.82, 2.24) is 5.32 Å². The van der Waals surface area contributed by atoms with Gasteiger partial charge in [-0.15, -0.1) is 11.3 Å². The molecule has 1 aromatic heterocycles. The lowest BCUT2D eigenvalue weighted by molar-refractivity contribution is 0.454. The van der Waals surface area contributed by atoms with Gasteiger partial charge in [0.15, 0.2) is 9.84 Å². The fraction of sp³-hybridized carbons (Fsp3) is 0.318. The van der Waals surface area contributed by atoms with E-state index in [4.69, 9.17) is 5.41 Å². The van der Waals surface area contributed by atoms with Gasteiger partial charge in [-0.3, -0.25) is 5.41 Å². The van der Waals surface area contributed by atoms with Crippen molar-refractivity contribution in [2.45, 2.75) is 37.0 Å². The van der Waals surface area contributed by atoms with Gasteiger partial charge in [-0.25, -0.2) is 8.42 Å². The summed E-state index contributed by atoms with van der Waals surface area (Å²) in [7, 11) is -3.34. The van der Waals surface area contributed by atoms with Crippen molar-refractivity contribution in [1.29, 1.82) is 5.41 Å². The number of nitrogens with one attached hydrogen (secondary N) is 2. The van der Waals surface area contributed by atoms with Crippen LogP contribution in [-0.2, 0) is 15.4 Å². The van der Waals surface area contributed by atoms with Crippen molar-refractivity contribution in [3.05, 3.63) is 53.6 Å². The molecule has 5 rings (SSSR count). The second-order valence-electron chi connectivity index (χ2n) is 8.15. The Balaban J connectivity index is 1.66. The number of rotatable bonds is 2. The third kappa shape index (κ3) is 2.40. The first-order chi connectivity index (χ1) is 13.3. The van der Waals surface area contributed by atoms with Crippen molar-refractivity contribution in [3.63, 3.8) is 0 Å². The van der Waals surface area contributed by atoms with E-state index in [1.165, 1.54) is 14.8 Å². The number of amidine groups is 1. The van der Waals surface area contributed by atoms with E-state index < -0.39 is 20.1 Å². The zero-order valence-electron chi connectivity index (χ0n) is 15.9. The molecule has 0 radical (unpaired) electrons. The van der Waals surface area contributed by atoms with Crippen molar-refractivity contribution in [2.24, 2.45) is 0 Å². The Hall–Kier alpha value is -2.18. The Labute approximate surface area is 168 Å². The summed E-state index contributed by atoms with van der Waals surface area (Å²) in [6.45, 7) is 3.90. The quantitative estimate of drug-likeness (QED) is 0.636. The van der Waals surface area contributed by atoms with E-state index >= 15 is 0 Å². The van der Waals surface area contributed by atoms with E-state index in [1.54, 1.807) is 11.3 Å². The van der Waals surface area contributed by atoms with Gasteiger partial charge >= 0.3 is 0 Å². The standard InChI is InChI=1S/C22H22N2O2S2/c1-3-4-14-5-7-18-16(11-14)17-12-15(6-8-19(17)27-18)21(2)13-28(25,26)22(9-10-22)20(23)24-21/h3-8,11-12H,9-10,13H2,1-2H3,(H2,23,24)/b4-3+/t21-/m0/s1. The van der Waals surface area contributed by atoms with Gasteiger partial charge in [-0.05, 0) is 62.1 Å². The number of hydrogen-bond donors (Lipinski definition) is 2. The predicted molar refractivity (Wildman–Crippen MR) is 118 cm³/mol. The van der Waals surface area contributed by atoms with Crippen LogP contribution in [0.3, 0.4) is 0 Å². The summed E-state index contributed by atoms with van der Waals surface area (Å²) in [6, 6.07) is 12.6. The van der Waals surface area contributed by atoms with Crippen LogP contribution in [-0.4, -0.2) is 24.8 Å². The van der Waals surface area contributed by atoms with Gasteiger partial charge in [-0.1, -0.05) is 24.3 Å². The summed E-state index contributed by atoms with van der Waals surface area (Å²) in [4.78, 5) is 0. The zero-order valence-corrected chi connectivity index (χ0v) is 17.5. The van der Waals surface area contributed by atoms with Gasteiger partial charge in [-0.2, -0.15) is 0 Å². The van der Waals surface area contributed by atoms with Gasteiger partial charge in [0.25, 0.3) is 0 Å². The molecule has 2 aromatic carbocycles. The molecule has 4 nitrogen and oxygen atoms in total. The van der Waals surface area contributed by atoms with Gasteiger partial charge in [0.05, 0.1) is 11.3 Å². The molecule has 0 unspecified atom stereocenters. The fourth-order valence-electron chi connectivity index (χ4n) is 4.36. The Kier molecular flexibility index (Phi) is 3.62. The summed E-state index contributed by atoms with van der Waals surface area (Å²) >= 11 is 1.75. The Bertz CT molecular complexity index is 1280. The third-order valence-electron chi connectivity index (χ3n) is 6.12. The minimum absolute atomic E-state index is 0.0276. The monoisotopic (exact) mass is 410 g/mol. The summed E-state index contributed by atoms with van der Waals surface area (Å²) in [5.41, 5.74) is 1.29. The maximum atomic E-state index is 12.9. The van der Waals surface area contributed by atoms with Gasteiger partial charge in [0, 0.05) is 20.2 Å². The van der Waals surface area contributed by atoms with E-state index in [1.807, 2.05) is 26.0 Å². The number of sulfone groups is 1. The second-order valence-corrected chi connectivity index (χ2v) is 11.5. The molecule has 2 aliphatic rings. The summed E-state index contributed by atoms with van der Waals surface area (Å²) in [6.07, 6.45) is 5.25. The molecular weight excluding hydrogens is 388 g/mol. The minimum atomic E-state index is -3.34. The molecular formula is C22H22N2O2S2. The average Bonchev–Trinajstić information content (AvgIpc) is 3.38.